The molecule has 9 heteroatoms. The first-order valence-electron chi connectivity index (χ1n) is 12.9. The zero-order valence-electron chi connectivity index (χ0n) is 22.3. The fourth-order valence-corrected chi connectivity index (χ4v) is 4.88. The average Bonchev–Trinajstić information content (AvgIpc) is 2.95. The van der Waals surface area contributed by atoms with Gasteiger partial charge < -0.3 is 23.7 Å². The topological polar surface area (TPSA) is 89.5 Å². The minimum atomic E-state index is -3.61. The fraction of sp³-hybridized carbons (Fsp3) is 0.400. The van der Waals surface area contributed by atoms with Gasteiger partial charge in [0.25, 0.3) is 10.1 Å². The van der Waals surface area contributed by atoms with Crippen molar-refractivity contribution in [3.05, 3.63) is 108 Å². The predicted molar refractivity (Wildman–Crippen MR) is 146 cm³/mol. The van der Waals surface area contributed by atoms with Crippen molar-refractivity contribution in [2.24, 2.45) is 0 Å². The lowest BCUT2D eigenvalue weighted by Crippen LogP contribution is -2.60. The molecule has 0 bridgehead atoms. The Morgan fingerprint density at radius 2 is 1.10 bits per heavy atom. The molecule has 1 saturated heterocycles. The van der Waals surface area contributed by atoms with Crippen molar-refractivity contribution >= 4 is 10.1 Å². The first-order valence-corrected chi connectivity index (χ1v) is 14.7. The number of hydrogen-bond acceptors (Lipinski definition) is 8. The van der Waals surface area contributed by atoms with Crippen LogP contribution < -0.4 is 0 Å². The number of ether oxygens (including phenoxy) is 5. The Balaban J connectivity index is 1.60. The summed E-state index contributed by atoms with van der Waals surface area (Å²) >= 11 is 0. The van der Waals surface area contributed by atoms with Crippen molar-refractivity contribution in [1.82, 2.24) is 0 Å². The van der Waals surface area contributed by atoms with Crippen LogP contribution in [0.2, 0.25) is 0 Å². The van der Waals surface area contributed by atoms with E-state index >= 15 is 0 Å². The average molecular weight is 557 g/mol. The lowest BCUT2D eigenvalue weighted by atomic mass is 9.95. The monoisotopic (exact) mass is 556 g/mol. The van der Waals surface area contributed by atoms with E-state index in [1.807, 2.05) is 91.0 Å². The summed E-state index contributed by atoms with van der Waals surface area (Å²) in [4.78, 5) is 0. The van der Waals surface area contributed by atoms with Gasteiger partial charge in [0.05, 0.1) is 38.8 Å². The Morgan fingerprint density at radius 1 is 0.667 bits per heavy atom. The Bertz CT molecular complexity index is 1210. The summed E-state index contributed by atoms with van der Waals surface area (Å²) in [5.74, 6) is 0. The van der Waals surface area contributed by atoms with Crippen molar-refractivity contribution in [3.63, 3.8) is 0 Å². The molecule has 0 unspecified atom stereocenters. The van der Waals surface area contributed by atoms with E-state index in [4.69, 9.17) is 27.9 Å². The van der Waals surface area contributed by atoms with E-state index in [-0.39, 0.29) is 13.0 Å². The molecule has 0 aliphatic carbocycles. The second-order valence-electron chi connectivity index (χ2n) is 9.38. The van der Waals surface area contributed by atoms with E-state index < -0.39 is 40.8 Å². The van der Waals surface area contributed by atoms with Gasteiger partial charge in [-0.2, -0.15) is 8.42 Å². The molecule has 1 heterocycles. The summed E-state index contributed by atoms with van der Waals surface area (Å²) in [5.41, 5.74) is 2.99. The van der Waals surface area contributed by atoms with E-state index in [9.17, 15) is 8.42 Å². The maximum Gasteiger partial charge on any atom is 0.264 e. The van der Waals surface area contributed by atoms with E-state index in [0.717, 1.165) is 22.9 Å². The van der Waals surface area contributed by atoms with Crippen LogP contribution >= 0.6 is 0 Å². The van der Waals surface area contributed by atoms with Gasteiger partial charge in [-0.1, -0.05) is 91.0 Å². The molecule has 1 aliphatic heterocycles. The maximum atomic E-state index is 11.6. The summed E-state index contributed by atoms with van der Waals surface area (Å²) in [7, 11) is -2.06. The molecular formula is C30H36O8S. The van der Waals surface area contributed by atoms with Gasteiger partial charge in [-0.15, -0.1) is 0 Å². The van der Waals surface area contributed by atoms with Gasteiger partial charge in [-0.05, 0) is 16.7 Å². The van der Waals surface area contributed by atoms with Crippen LogP contribution in [-0.2, 0) is 57.8 Å². The van der Waals surface area contributed by atoms with E-state index in [0.29, 0.717) is 19.8 Å². The SMILES string of the molecule is CO[C@H]1O[C@H](CCOS(C)(=O)=O)[C@@H](OCc2ccccc2)[C@H](OCc2ccccc2)[C@H]1OCc1ccccc1. The third-order valence-corrected chi connectivity index (χ3v) is 6.97. The van der Waals surface area contributed by atoms with Gasteiger partial charge in [0.2, 0.25) is 0 Å². The van der Waals surface area contributed by atoms with E-state index in [2.05, 4.69) is 0 Å². The molecular weight excluding hydrogens is 520 g/mol. The van der Waals surface area contributed by atoms with Gasteiger partial charge in [-0.3, -0.25) is 4.18 Å². The molecule has 5 atom stereocenters. The smallest absolute Gasteiger partial charge is 0.264 e. The largest absolute Gasteiger partial charge is 0.368 e. The molecule has 3 aromatic carbocycles. The third-order valence-electron chi connectivity index (χ3n) is 6.38. The van der Waals surface area contributed by atoms with Gasteiger partial charge in [-0.25, -0.2) is 0 Å². The molecule has 8 nitrogen and oxygen atoms in total. The van der Waals surface area contributed by atoms with Crippen LogP contribution in [0.25, 0.3) is 0 Å². The molecule has 0 aromatic heterocycles. The highest BCUT2D eigenvalue weighted by atomic mass is 32.2. The lowest BCUT2D eigenvalue weighted by molar-refractivity contribution is -0.319. The van der Waals surface area contributed by atoms with Crippen LogP contribution in [0.5, 0.6) is 0 Å². The molecule has 1 aliphatic rings. The first kappa shape index (κ1) is 29.4. The maximum absolute atomic E-state index is 11.6. The third kappa shape index (κ3) is 9.22. The Kier molecular flexibility index (Phi) is 11.0. The fourth-order valence-electron chi connectivity index (χ4n) is 4.48. The lowest BCUT2D eigenvalue weighted by Gasteiger charge is -2.45. The molecule has 0 spiro atoms. The second-order valence-corrected chi connectivity index (χ2v) is 11.0. The van der Waals surface area contributed by atoms with Crippen molar-refractivity contribution in [1.29, 1.82) is 0 Å². The molecule has 1 fully saturated rings. The van der Waals surface area contributed by atoms with Crippen molar-refractivity contribution in [3.8, 4) is 0 Å². The van der Waals surface area contributed by atoms with Crippen molar-refractivity contribution in [2.75, 3.05) is 20.0 Å². The molecule has 0 radical (unpaired) electrons. The van der Waals surface area contributed by atoms with Gasteiger partial charge in [0, 0.05) is 13.5 Å². The summed E-state index contributed by atoms with van der Waals surface area (Å²) < 4.78 is 59.6. The van der Waals surface area contributed by atoms with Crippen molar-refractivity contribution in [2.45, 2.75) is 56.9 Å². The Labute approximate surface area is 230 Å². The Morgan fingerprint density at radius 3 is 1.54 bits per heavy atom. The van der Waals surface area contributed by atoms with Gasteiger partial charge in [0.1, 0.15) is 18.3 Å². The number of methoxy groups -OCH3 is 1. The first-order chi connectivity index (χ1) is 18.9. The van der Waals surface area contributed by atoms with Crippen LogP contribution in [0, 0.1) is 0 Å². The second kappa shape index (κ2) is 14.7. The Hall–Kier alpha value is -2.63. The number of rotatable bonds is 14. The molecule has 0 saturated carbocycles. The van der Waals surface area contributed by atoms with Gasteiger partial charge >= 0.3 is 0 Å². The van der Waals surface area contributed by atoms with E-state index in [1.54, 1.807) is 7.11 Å². The normalized spacial score (nSPS) is 23.5. The summed E-state index contributed by atoms with van der Waals surface area (Å²) in [6.45, 7) is 0.900. The van der Waals surface area contributed by atoms with Crippen molar-refractivity contribution < 1.29 is 36.3 Å². The molecule has 4 rings (SSSR count). The summed E-state index contributed by atoms with van der Waals surface area (Å²) in [5, 5.41) is 0. The summed E-state index contributed by atoms with van der Waals surface area (Å²) in [6.07, 6.45) is -1.86. The molecule has 0 amide bonds. The molecule has 39 heavy (non-hydrogen) atoms. The number of hydrogen-bond donors (Lipinski definition) is 0. The molecule has 3 aromatic rings. The highest BCUT2D eigenvalue weighted by Crippen LogP contribution is 2.32. The quantitative estimate of drug-likeness (QED) is 0.269. The zero-order valence-corrected chi connectivity index (χ0v) is 23.1. The zero-order chi connectivity index (χ0) is 27.5. The highest BCUT2D eigenvalue weighted by molar-refractivity contribution is 7.85. The minimum absolute atomic E-state index is 0.0634. The van der Waals surface area contributed by atoms with Crippen LogP contribution in [-0.4, -0.2) is 59.1 Å². The van der Waals surface area contributed by atoms with Gasteiger partial charge in [0.15, 0.2) is 6.29 Å². The van der Waals surface area contributed by atoms with Crippen LogP contribution in [0.1, 0.15) is 23.1 Å². The van der Waals surface area contributed by atoms with Crippen LogP contribution in [0.4, 0.5) is 0 Å². The summed E-state index contributed by atoms with van der Waals surface area (Å²) in [6, 6.07) is 29.5. The predicted octanol–water partition coefficient (Wildman–Crippen LogP) is 4.48. The van der Waals surface area contributed by atoms with Crippen LogP contribution in [0.3, 0.4) is 0 Å². The minimum Gasteiger partial charge on any atom is -0.368 e. The highest BCUT2D eigenvalue weighted by Gasteiger charge is 2.48. The molecule has 210 valence electrons. The van der Waals surface area contributed by atoms with E-state index in [1.165, 1.54) is 0 Å². The molecule has 0 N–H and O–H groups in total. The standard InChI is InChI=1S/C30H36O8S/c1-33-30-29(36-22-25-16-10-5-11-17-25)28(35-21-24-14-8-4-9-15-24)27(34-20-23-12-6-3-7-13-23)26(38-30)18-19-37-39(2,31)32/h3-17,26-30H,18-22H2,1-2H3/t26-,27-,28+,29-,30+/m1/s1. The van der Waals surface area contributed by atoms with Crippen LogP contribution in [0.15, 0.2) is 91.0 Å². The number of benzene rings is 3.